The van der Waals surface area contributed by atoms with Gasteiger partial charge >= 0.3 is 0 Å². The molecule has 184 valence electrons. The van der Waals surface area contributed by atoms with Crippen molar-refractivity contribution in [1.29, 1.82) is 0 Å². The van der Waals surface area contributed by atoms with Crippen LogP contribution in [0.3, 0.4) is 0 Å². The van der Waals surface area contributed by atoms with Crippen LogP contribution in [0.1, 0.15) is 61.9 Å². The Balaban J connectivity index is 1.69. The molecule has 4 heterocycles. The number of methoxy groups -OCH3 is 1. The van der Waals surface area contributed by atoms with Crippen molar-refractivity contribution in [3.63, 3.8) is 0 Å². The van der Waals surface area contributed by atoms with E-state index >= 15 is 0 Å². The number of nitrogens with zero attached hydrogens (tertiary/aromatic N) is 5. The predicted molar refractivity (Wildman–Crippen MR) is 133 cm³/mol. The number of aliphatic hydroxyl groups excluding tert-OH is 1. The molecule has 0 bridgehead atoms. The number of nitrogens with two attached hydrogens (primary N) is 1. The Kier molecular flexibility index (Phi) is 7.79. The molecule has 1 aliphatic rings. The van der Waals surface area contributed by atoms with Gasteiger partial charge in [-0.05, 0) is 63.2 Å². The largest absolute Gasteiger partial charge is 0.495 e. The lowest BCUT2D eigenvalue weighted by molar-refractivity contribution is 0.276. The molecule has 4 rings (SSSR count). The number of aromatic nitrogens is 5. The second-order valence-electron chi connectivity index (χ2n) is 8.95. The number of aryl methyl sites for hydroxylation is 1. The van der Waals surface area contributed by atoms with E-state index < -0.39 is 0 Å². The van der Waals surface area contributed by atoms with Gasteiger partial charge in [0.1, 0.15) is 22.5 Å². The van der Waals surface area contributed by atoms with Gasteiger partial charge in [0.2, 0.25) is 5.95 Å². The van der Waals surface area contributed by atoms with Gasteiger partial charge in [-0.15, -0.1) is 0 Å². The van der Waals surface area contributed by atoms with Crippen molar-refractivity contribution < 1.29 is 9.84 Å². The third kappa shape index (κ3) is 5.23. The minimum absolute atomic E-state index is 0.0769. The number of piperidine rings is 1. The van der Waals surface area contributed by atoms with Crippen molar-refractivity contribution in [2.75, 3.05) is 37.9 Å². The summed E-state index contributed by atoms with van der Waals surface area (Å²) in [6.45, 7) is 6.61. The lowest BCUT2D eigenvalue weighted by Crippen LogP contribution is -2.26. The fourth-order valence-electron chi connectivity index (χ4n) is 4.75. The highest BCUT2D eigenvalue weighted by Gasteiger charge is 2.21. The first-order valence-electron chi connectivity index (χ1n) is 12.2. The Labute approximate surface area is 200 Å². The summed E-state index contributed by atoms with van der Waals surface area (Å²) < 4.78 is 7.60. The maximum atomic E-state index is 9.50. The number of ether oxygens (including phenoxy) is 1. The molecule has 0 aliphatic carbocycles. The van der Waals surface area contributed by atoms with Crippen molar-refractivity contribution in [2.45, 2.75) is 64.5 Å². The standard InChI is InChI=1S/C24H36N8O2/c1-4-5-18(8-11-33)28-23-22-21(29-24(25)30-23)15(2)31-32(22)14-19-20(34-3)12-17(13-27-19)16-6-9-26-10-7-16/h12-13,16,18,26,33H,4-11,14H2,1-3H3,(H3,25,28,29,30). The average Bonchev–Trinajstić information content (AvgIpc) is 3.15. The quantitative estimate of drug-likeness (QED) is 0.354. The molecule has 1 fully saturated rings. The van der Waals surface area contributed by atoms with Crippen LogP contribution in [-0.4, -0.2) is 62.7 Å². The SMILES string of the molecule is CCCC(CCO)Nc1nc(N)nc2c(C)nn(Cc3ncc(C4CCNCC4)cc3OC)c12. The summed E-state index contributed by atoms with van der Waals surface area (Å²) in [7, 11) is 1.68. The number of aliphatic hydroxyl groups is 1. The molecule has 5 N–H and O–H groups in total. The van der Waals surface area contributed by atoms with Crippen LogP contribution >= 0.6 is 0 Å². The van der Waals surface area contributed by atoms with E-state index in [0.717, 1.165) is 61.4 Å². The molecular formula is C24H36N8O2. The van der Waals surface area contributed by atoms with Crippen molar-refractivity contribution in [1.82, 2.24) is 30.0 Å². The molecule has 3 aromatic rings. The number of rotatable bonds is 10. The first-order valence-corrected chi connectivity index (χ1v) is 12.2. The van der Waals surface area contributed by atoms with Crippen LogP contribution in [0.2, 0.25) is 0 Å². The maximum absolute atomic E-state index is 9.50. The lowest BCUT2D eigenvalue weighted by atomic mass is 9.91. The molecule has 10 nitrogen and oxygen atoms in total. The highest BCUT2D eigenvalue weighted by atomic mass is 16.5. The predicted octanol–water partition coefficient (Wildman–Crippen LogP) is 2.60. The number of pyridine rings is 1. The van der Waals surface area contributed by atoms with E-state index in [-0.39, 0.29) is 18.6 Å². The minimum atomic E-state index is 0.0769. The third-order valence-electron chi connectivity index (χ3n) is 6.51. The van der Waals surface area contributed by atoms with Crippen LogP contribution in [-0.2, 0) is 6.54 Å². The van der Waals surface area contributed by atoms with Gasteiger partial charge in [-0.25, -0.2) is 4.98 Å². The van der Waals surface area contributed by atoms with Crippen molar-refractivity contribution >= 4 is 22.8 Å². The summed E-state index contributed by atoms with van der Waals surface area (Å²) in [6.07, 6.45) is 6.71. The van der Waals surface area contributed by atoms with E-state index in [9.17, 15) is 5.11 Å². The zero-order chi connectivity index (χ0) is 24.1. The summed E-state index contributed by atoms with van der Waals surface area (Å²) in [4.78, 5) is 13.7. The molecule has 10 heteroatoms. The highest BCUT2D eigenvalue weighted by Crippen LogP contribution is 2.31. The molecule has 1 atom stereocenters. The average molecular weight is 469 g/mol. The Hall–Kier alpha value is -2.98. The van der Waals surface area contributed by atoms with Crippen LogP contribution in [0, 0.1) is 6.92 Å². The normalized spacial score (nSPS) is 15.5. The topological polar surface area (TPSA) is 136 Å². The van der Waals surface area contributed by atoms with Gasteiger partial charge < -0.3 is 26.2 Å². The molecule has 1 unspecified atom stereocenters. The van der Waals surface area contributed by atoms with Crippen LogP contribution in [0.5, 0.6) is 5.75 Å². The van der Waals surface area contributed by atoms with Crippen molar-refractivity contribution in [2.24, 2.45) is 0 Å². The number of hydrogen-bond acceptors (Lipinski definition) is 9. The third-order valence-corrected chi connectivity index (χ3v) is 6.51. The zero-order valence-electron chi connectivity index (χ0n) is 20.3. The van der Waals surface area contributed by atoms with E-state index in [1.165, 1.54) is 5.56 Å². The molecule has 0 aromatic carbocycles. The lowest BCUT2D eigenvalue weighted by Gasteiger charge is -2.23. The van der Waals surface area contributed by atoms with Gasteiger partial charge in [0.05, 0.1) is 19.3 Å². The van der Waals surface area contributed by atoms with E-state index in [4.69, 9.17) is 20.6 Å². The van der Waals surface area contributed by atoms with Gasteiger partial charge in [0.15, 0.2) is 5.82 Å². The van der Waals surface area contributed by atoms with Gasteiger partial charge in [-0.3, -0.25) is 9.67 Å². The molecule has 1 saturated heterocycles. The van der Waals surface area contributed by atoms with E-state index in [1.54, 1.807) is 7.11 Å². The van der Waals surface area contributed by atoms with E-state index in [1.807, 2.05) is 17.8 Å². The van der Waals surface area contributed by atoms with Gasteiger partial charge in [-0.2, -0.15) is 10.1 Å². The first kappa shape index (κ1) is 24.2. The second-order valence-corrected chi connectivity index (χ2v) is 8.95. The van der Waals surface area contributed by atoms with Crippen molar-refractivity contribution in [3.8, 4) is 5.75 Å². The fourth-order valence-corrected chi connectivity index (χ4v) is 4.75. The second kappa shape index (κ2) is 11.0. The van der Waals surface area contributed by atoms with E-state index in [2.05, 4.69) is 33.6 Å². The number of fused-ring (bicyclic) bond motifs is 1. The smallest absolute Gasteiger partial charge is 0.222 e. The monoisotopic (exact) mass is 468 g/mol. The molecular weight excluding hydrogens is 432 g/mol. The first-order chi connectivity index (χ1) is 16.5. The van der Waals surface area contributed by atoms with Crippen LogP contribution in [0.15, 0.2) is 12.3 Å². The Morgan fingerprint density at radius 3 is 2.79 bits per heavy atom. The Bertz CT molecular complexity index is 1100. The Morgan fingerprint density at radius 2 is 2.09 bits per heavy atom. The molecule has 0 radical (unpaired) electrons. The maximum Gasteiger partial charge on any atom is 0.222 e. The molecule has 0 amide bonds. The highest BCUT2D eigenvalue weighted by molar-refractivity contribution is 5.88. The van der Waals surface area contributed by atoms with Crippen LogP contribution in [0.25, 0.3) is 11.0 Å². The number of nitrogens with one attached hydrogen (secondary N) is 2. The summed E-state index contributed by atoms with van der Waals surface area (Å²) >= 11 is 0. The summed E-state index contributed by atoms with van der Waals surface area (Å²) in [5.74, 6) is 2.07. The molecule has 0 saturated carbocycles. The summed E-state index contributed by atoms with van der Waals surface area (Å²) in [5, 5.41) is 21.1. The van der Waals surface area contributed by atoms with Crippen LogP contribution in [0.4, 0.5) is 11.8 Å². The summed E-state index contributed by atoms with van der Waals surface area (Å²) in [6, 6.07) is 2.19. The molecule has 1 aliphatic heterocycles. The molecule has 0 spiro atoms. The van der Waals surface area contributed by atoms with Gasteiger partial charge in [0, 0.05) is 18.8 Å². The fraction of sp³-hybridized carbons (Fsp3) is 0.583. The minimum Gasteiger partial charge on any atom is -0.495 e. The number of nitrogen functional groups attached to an aromatic ring is 1. The Morgan fingerprint density at radius 1 is 1.29 bits per heavy atom. The van der Waals surface area contributed by atoms with Gasteiger partial charge in [-0.1, -0.05) is 13.3 Å². The summed E-state index contributed by atoms with van der Waals surface area (Å²) in [5.41, 5.74) is 10.3. The van der Waals surface area contributed by atoms with Crippen LogP contribution < -0.4 is 21.1 Å². The van der Waals surface area contributed by atoms with Gasteiger partial charge in [0.25, 0.3) is 0 Å². The molecule has 34 heavy (non-hydrogen) atoms. The zero-order valence-corrected chi connectivity index (χ0v) is 20.3. The van der Waals surface area contributed by atoms with Crippen molar-refractivity contribution in [3.05, 3.63) is 29.2 Å². The van der Waals surface area contributed by atoms with E-state index in [0.29, 0.717) is 30.2 Å². The number of hydrogen-bond donors (Lipinski definition) is 4. The molecule has 3 aromatic heterocycles. The number of anilines is 2.